The highest BCUT2D eigenvalue weighted by Crippen LogP contribution is 2.28. The van der Waals surface area contributed by atoms with E-state index in [1.54, 1.807) is 6.92 Å². The molecule has 1 rings (SSSR count). The van der Waals surface area contributed by atoms with Crippen molar-refractivity contribution in [3.8, 4) is 0 Å². The molecule has 0 heterocycles. The average molecular weight is 300 g/mol. The minimum absolute atomic E-state index is 0.0101. The summed E-state index contributed by atoms with van der Waals surface area (Å²) in [6.45, 7) is 5.27. The number of rotatable bonds is 4. The number of hydrogen-bond acceptors (Lipinski definition) is 5. The third kappa shape index (κ3) is 3.54. The van der Waals surface area contributed by atoms with Gasteiger partial charge in [0.2, 0.25) is 0 Å². The van der Waals surface area contributed by atoms with Crippen LogP contribution in [-0.4, -0.2) is 16.9 Å². The number of carbonyl (C=O) groups is 2. The second kappa shape index (κ2) is 6.47. The Morgan fingerprint density at radius 2 is 1.90 bits per heavy atom. The minimum atomic E-state index is -0.990. The maximum absolute atomic E-state index is 11.8. The van der Waals surface area contributed by atoms with Crippen molar-refractivity contribution in [1.29, 1.82) is 0 Å². The molecule has 6 nitrogen and oxygen atoms in total. The summed E-state index contributed by atoms with van der Waals surface area (Å²) in [5, 5.41) is 10.4. The highest BCUT2D eigenvalue weighted by molar-refractivity contribution is 6.35. The van der Waals surface area contributed by atoms with Crippen molar-refractivity contribution in [3.05, 3.63) is 38.9 Å². The van der Waals surface area contributed by atoms with Crippen LogP contribution in [0.25, 0.3) is 0 Å². The largest absolute Gasteiger partial charge is 0.389 e. The SMILES string of the molecule is CC(C)C(C)C(=O)OC(=O)c1cccc([N+](=O)[O-])c1Cl. The van der Waals surface area contributed by atoms with Gasteiger partial charge in [0, 0.05) is 6.07 Å². The molecule has 0 bridgehead atoms. The van der Waals surface area contributed by atoms with Gasteiger partial charge < -0.3 is 4.74 Å². The van der Waals surface area contributed by atoms with E-state index < -0.39 is 28.5 Å². The van der Waals surface area contributed by atoms with Gasteiger partial charge in [0.05, 0.1) is 16.4 Å². The first kappa shape index (κ1) is 16.1. The van der Waals surface area contributed by atoms with Gasteiger partial charge in [-0.05, 0) is 12.0 Å². The van der Waals surface area contributed by atoms with E-state index in [0.29, 0.717) is 0 Å². The van der Waals surface area contributed by atoms with E-state index in [4.69, 9.17) is 16.3 Å². The summed E-state index contributed by atoms with van der Waals surface area (Å²) in [4.78, 5) is 33.5. The number of esters is 2. The number of benzene rings is 1. The van der Waals surface area contributed by atoms with Gasteiger partial charge in [-0.2, -0.15) is 0 Å². The van der Waals surface area contributed by atoms with Crippen LogP contribution >= 0.6 is 11.6 Å². The summed E-state index contributed by atoms with van der Waals surface area (Å²) >= 11 is 5.77. The fraction of sp³-hybridized carbons (Fsp3) is 0.385. The van der Waals surface area contributed by atoms with Gasteiger partial charge in [0.25, 0.3) is 5.69 Å². The second-order valence-corrected chi connectivity index (χ2v) is 5.02. The molecule has 0 aliphatic carbocycles. The highest BCUT2D eigenvalue weighted by atomic mass is 35.5. The van der Waals surface area contributed by atoms with Crippen LogP contribution in [0.2, 0.25) is 5.02 Å². The van der Waals surface area contributed by atoms with Gasteiger partial charge in [-0.15, -0.1) is 0 Å². The van der Waals surface area contributed by atoms with Crippen LogP contribution in [-0.2, 0) is 9.53 Å². The Morgan fingerprint density at radius 1 is 1.30 bits per heavy atom. The van der Waals surface area contributed by atoms with Crippen molar-refractivity contribution in [2.75, 3.05) is 0 Å². The van der Waals surface area contributed by atoms with E-state index in [-0.39, 0.29) is 16.5 Å². The minimum Gasteiger partial charge on any atom is -0.389 e. The molecule has 1 unspecified atom stereocenters. The van der Waals surface area contributed by atoms with E-state index in [0.717, 1.165) is 6.07 Å². The Bertz CT molecular complexity index is 556. The molecule has 0 aliphatic heterocycles. The van der Waals surface area contributed by atoms with Crippen LogP contribution in [0.5, 0.6) is 0 Å². The summed E-state index contributed by atoms with van der Waals surface area (Å²) < 4.78 is 4.69. The van der Waals surface area contributed by atoms with Crippen LogP contribution in [0.15, 0.2) is 18.2 Å². The summed E-state index contributed by atoms with van der Waals surface area (Å²) in [6, 6.07) is 3.74. The van der Waals surface area contributed by atoms with E-state index in [1.165, 1.54) is 12.1 Å². The molecule has 0 saturated carbocycles. The van der Waals surface area contributed by atoms with Gasteiger partial charge in [-0.3, -0.25) is 14.9 Å². The summed E-state index contributed by atoms with van der Waals surface area (Å²) in [6.07, 6.45) is 0. The average Bonchev–Trinajstić information content (AvgIpc) is 2.37. The molecule has 1 aromatic rings. The standard InChI is InChI=1S/C13H14ClNO5/c1-7(2)8(3)12(16)20-13(17)9-5-4-6-10(11(9)14)15(18)19/h4-8H,1-3H3. The molecule has 0 fully saturated rings. The number of nitro benzene ring substituents is 1. The van der Waals surface area contributed by atoms with Crippen molar-refractivity contribution in [2.24, 2.45) is 11.8 Å². The monoisotopic (exact) mass is 299 g/mol. The predicted octanol–water partition coefficient (Wildman–Crippen LogP) is 3.22. The lowest BCUT2D eigenvalue weighted by atomic mass is 9.98. The molecule has 0 aliphatic rings. The summed E-state index contributed by atoms with van der Waals surface area (Å²) in [5.74, 6) is -2.13. The third-order valence-electron chi connectivity index (χ3n) is 2.96. The zero-order chi connectivity index (χ0) is 15.4. The van der Waals surface area contributed by atoms with E-state index >= 15 is 0 Å². The normalized spacial score (nSPS) is 12.1. The molecule has 0 spiro atoms. The van der Waals surface area contributed by atoms with Crippen molar-refractivity contribution >= 4 is 29.2 Å². The van der Waals surface area contributed by atoms with E-state index in [9.17, 15) is 19.7 Å². The Hall–Kier alpha value is -1.95. The fourth-order valence-electron chi connectivity index (χ4n) is 1.33. The first-order valence-corrected chi connectivity index (χ1v) is 6.32. The van der Waals surface area contributed by atoms with Crippen molar-refractivity contribution in [3.63, 3.8) is 0 Å². The molecule has 0 aromatic heterocycles. The number of halogens is 1. The molecular formula is C13H14ClNO5. The van der Waals surface area contributed by atoms with Crippen molar-refractivity contribution in [1.82, 2.24) is 0 Å². The van der Waals surface area contributed by atoms with Gasteiger partial charge in [0.15, 0.2) is 0 Å². The lowest BCUT2D eigenvalue weighted by Crippen LogP contribution is -2.23. The molecule has 0 saturated heterocycles. The zero-order valence-corrected chi connectivity index (χ0v) is 12.0. The Labute approximate surface area is 120 Å². The molecule has 0 radical (unpaired) electrons. The molecule has 0 amide bonds. The van der Waals surface area contributed by atoms with E-state index in [1.807, 2.05) is 13.8 Å². The Morgan fingerprint density at radius 3 is 2.40 bits per heavy atom. The predicted molar refractivity (Wildman–Crippen MR) is 72.5 cm³/mol. The zero-order valence-electron chi connectivity index (χ0n) is 11.3. The van der Waals surface area contributed by atoms with Crippen molar-refractivity contribution < 1.29 is 19.2 Å². The lowest BCUT2D eigenvalue weighted by molar-refractivity contribution is -0.384. The Kier molecular flexibility index (Phi) is 5.21. The van der Waals surface area contributed by atoms with E-state index in [2.05, 4.69) is 0 Å². The fourth-order valence-corrected chi connectivity index (χ4v) is 1.60. The van der Waals surface area contributed by atoms with Crippen LogP contribution in [0.3, 0.4) is 0 Å². The summed E-state index contributed by atoms with van der Waals surface area (Å²) in [7, 11) is 0. The van der Waals surface area contributed by atoms with Crippen LogP contribution < -0.4 is 0 Å². The molecule has 20 heavy (non-hydrogen) atoms. The second-order valence-electron chi connectivity index (χ2n) is 4.64. The smallest absolute Gasteiger partial charge is 0.347 e. The van der Waals surface area contributed by atoms with Gasteiger partial charge >= 0.3 is 11.9 Å². The molecule has 1 aromatic carbocycles. The number of hydrogen-bond donors (Lipinski definition) is 0. The maximum Gasteiger partial charge on any atom is 0.347 e. The highest BCUT2D eigenvalue weighted by Gasteiger charge is 2.25. The molecule has 1 atom stereocenters. The molecule has 0 N–H and O–H groups in total. The quantitative estimate of drug-likeness (QED) is 0.369. The number of nitro groups is 1. The van der Waals surface area contributed by atoms with Crippen LogP contribution in [0.4, 0.5) is 5.69 Å². The topological polar surface area (TPSA) is 86.5 Å². The van der Waals surface area contributed by atoms with Crippen LogP contribution in [0, 0.1) is 22.0 Å². The number of nitrogens with zero attached hydrogens (tertiary/aromatic N) is 1. The maximum atomic E-state index is 11.8. The lowest BCUT2D eigenvalue weighted by Gasteiger charge is -2.13. The van der Waals surface area contributed by atoms with Gasteiger partial charge in [0.1, 0.15) is 5.02 Å². The number of carbonyl (C=O) groups excluding carboxylic acids is 2. The first-order valence-electron chi connectivity index (χ1n) is 5.94. The number of ether oxygens (including phenoxy) is 1. The summed E-state index contributed by atoms with van der Waals surface area (Å²) in [5.41, 5.74) is -0.615. The Balaban J connectivity index is 2.97. The molecule has 108 valence electrons. The first-order chi connectivity index (χ1) is 9.25. The van der Waals surface area contributed by atoms with Crippen LogP contribution in [0.1, 0.15) is 31.1 Å². The van der Waals surface area contributed by atoms with Gasteiger partial charge in [-0.25, -0.2) is 4.79 Å². The van der Waals surface area contributed by atoms with Gasteiger partial charge in [-0.1, -0.05) is 38.4 Å². The molecule has 7 heteroatoms. The molecular weight excluding hydrogens is 286 g/mol. The van der Waals surface area contributed by atoms with Crippen molar-refractivity contribution in [2.45, 2.75) is 20.8 Å². The third-order valence-corrected chi connectivity index (χ3v) is 3.36.